The first kappa shape index (κ1) is 14.3. The summed E-state index contributed by atoms with van der Waals surface area (Å²) in [5.41, 5.74) is 1.26. The predicted molar refractivity (Wildman–Crippen MR) is 73.5 cm³/mol. The van der Waals surface area contributed by atoms with Gasteiger partial charge in [0.25, 0.3) is 0 Å². The van der Waals surface area contributed by atoms with Crippen LogP contribution in [0.25, 0.3) is 0 Å². The molecule has 2 rings (SSSR count). The lowest BCUT2D eigenvalue weighted by molar-refractivity contribution is 0.0694. The molecule has 2 aromatic rings. The standard InChI is InChI=1S/C15H17NO4/c17-10-12(8-11-4-2-1-3-5-11)16-9-14-13(15(18)19)6-7-20-14/h1-7,12,16-17H,8-10H2,(H,18,19). The molecule has 3 N–H and O–H groups in total. The molecule has 1 atom stereocenters. The first-order valence-electron chi connectivity index (χ1n) is 6.38. The van der Waals surface area contributed by atoms with Crippen molar-refractivity contribution in [2.45, 2.75) is 19.0 Å². The summed E-state index contributed by atoms with van der Waals surface area (Å²) in [5, 5.41) is 21.5. The summed E-state index contributed by atoms with van der Waals surface area (Å²) in [6.07, 6.45) is 2.02. The molecule has 0 saturated heterocycles. The van der Waals surface area contributed by atoms with Gasteiger partial charge < -0.3 is 19.9 Å². The molecule has 106 valence electrons. The average molecular weight is 275 g/mol. The highest BCUT2D eigenvalue weighted by Gasteiger charge is 2.15. The van der Waals surface area contributed by atoms with Crippen molar-refractivity contribution in [2.24, 2.45) is 0 Å². The molecule has 0 aliphatic carbocycles. The molecule has 0 spiro atoms. The number of carbonyl (C=O) groups is 1. The molecule has 0 aliphatic rings. The molecule has 0 radical (unpaired) electrons. The zero-order valence-electron chi connectivity index (χ0n) is 11.0. The number of aromatic carboxylic acids is 1. The predicted octanol–water partition coefficient (Wildman–Crippen LogP) is 1.67. The molecule has 1 aromatic carbocycles. The molecule has 5 nitrogen and oxygen atoms in total. The zero-order valence-corrected chi connectivity index (χ0v) is 11.0. The molecule has 5 heteroatoms. The van der Waals surface area contributed by atoms with Gasteiger partial charge in [0, 0.05) is 6.04 Å². The SMILES string of the molecule is O=C(O)c1ccoc1CNC(CO)Cc1ccccc1. The third-order valence-corrected chi connectivity index (χ3v) is 3.07. The van der Waals surface area contributed by atoms with Crippen molar-refractivity contribution < 1.29 is 19.4 Å². The minimum Gasteiger partial charge on any atom is -0.478 e. The minimum absolute atomic E-state index is 0.0298. The molecule has 1 unspecified atom stereocenters. The molecule has 0 amide bonds. The second-order valence-electron chi connectivity index (χ2n) is 4.51. The van der Waals surface area contributed by atoms with E-state index in [4.69, 9.17) is 9.52 Å². The van der Waals surface area contributed by atoms with E-state index in [0.717, 1.165) is 5.56 Å². The lowest BCUT2D eigenvalue weighted by Gasteiger charge is -2.15. The topological polar surface area (TPSA) is 82.7 Å². The van der Waals surface area contributed by atoms with E-state index in [2.05, 4.69) is 5.32 Å². The van der Waals surface area contributed by atoms with Crippen LogP contribution in [0.2, 0.25) is 0 Å². The number of benzene rings is 1. The van der Waals surface area contributed by atoms with Gasteiger partial charge in [-0.05, 0) is 18.1 Å². The number of furan rings is 1. The molecule has 1 aromatic heterocycles. The van der Waals surface area contributed by atoms with Crippen molar-refractivity contribution in [1.29, 1.82) is 0 Å². The molecule has 0 aliphatic heterocycles. The van der Waals surface area contributed by atoms with Gasteiger partial charge in [-0.15, -0.1) is 0 Å². The number of nitrogens with one attached hydrogen (secondary N) is 1. The molecule has 0 bridgehead atoms. The van der Waals surface area contributed by atoms with Crippen LogP contribution in [0.4, 0.5) is 0 Å². The molecule has 0 saturated carbocycles. The van der Waals surface area contributed by atoms with Crippen molar-refractivity contribution >= 4 is 5.97 Å². The zero-order chi connectivity index (χ0) is 14.4. The van der Waals surface area contributed by atoms with Crippen molar-refractivity contribution in [3.05, 3.63) is 59.5 Å². The van der Waals surface area contributed by atoms with Gasteiger partial charge in [0.2, 0.25) is 0 Å². The molecule has 20 heavy (non-hydrogen) atoms. The Bertz CT molecular complexity index is 550. The van der Waals surface area contributed by atoms with Crippen molar-refractivity contribution in [3.8, 4) is 0 Å². The molecule has 0 fully saturated rings. The maximum atomic E-state index is 11.0. The largest absolute Gasteiger partial charge is 0.478 e. The number of aliphatic hydroxyl groups excluding tert-OH is 1. The number of aliphatic hydroxyl groups is 1. The Hall–Kier alpha value is -2.11. The third-order valence-electron chi connectivity index (χ3n) is 3.07. The van der Waals surface area contributed by atoms with Crippen molar-refractivity contribution in [2.75, 3.05) is 6.61 Å². The highest BCUT2D eigenvalue weighted by molar-refractivity contribution is 5.88. The normalized spacial score (nSPS) is 12.2. The van der Waals surface area contributed by atoms with Gasteiger partial charge in [-0.3, -0.25) is 0 Å². The Kier molecular flexibility index (Phi) is 4.92. The van der Waals surface area contributed by atoms with E-state index >= 15 is 0 Å². The van der Waals surface area contributed by atoms with Gasteiger partial charge in [0.1, 0.15) is 11.3 Å². The summed E-state index contributed by atoms with van der Waals surface area (Å²) >= 11 is 0. The summed E-state index contributed by atoms with van der Waals surface area (Å²) in [4.78, 5) is 11.0. The second-order valence-corrected chi connectivity index (χ2v) is 4.51. The Labute approximate surface area is 116 Å². The van der Waals surface area contributed by atoms with Gasteiger partial charge in [0.05, 0.1) is 19.4 Å². The van der Waals surface area contributed by atoms with Crippen LogP contribution in [0, 0.1) is 0 Å². The van der Waals surface area contributed by atoms with Crippen molar-refractivity contribution in [1.82, 2.24) is 5.32 Å². The lowest BCUT2D eigenvalue weighted by Crippen LogP contribution is -2.34. The van der Waals surface area contributed by atoms with E-state index in [1.54, 1.807) is 0 Å². The summed E-state index contributed by atoms with van der Waals surface area (Å²) in [6.45, 7) is 0.241. The van der Waals surface area contributed by atoms with Gasteiger partial charge in [-0.2, -0.15) is 0 Å². The van der Waals surface area contributed by atoms with Crippen LogP contribution < -0.4 is 5.32 Å². The Balaban J connectivity index is 1.94. The number of carboxylic acid groups (broad SMARTS) is 1. The Morgan fingerprint density at radius 3 is 2.65 bits per heavy atom. The Morgan fingerprint density at radius 2 is 2.00 bits per heavy atom. The molecular weight excluding hydrogens is 258 g/mol. The highest BCUT2D eigenvalue weighted by atomic mass is 16.4. The van der Waals surface area contributed by atoms with E-state index in [9.17, 15) is 9.90 Å². The Morgan fingerprint density at radius 1 is 1.25 bits per heavy atom. The van der Waals surface area contributed by atoms with Gasteiger partial charge in [-0.1, -0.05) is 30.3 Å². The van der Waals surface area contributed by atoms with Gasteiger partial charge in [-0.25, -0.2) is 4.79 Å². The van der Waals surface area contributed by atoms with Gasteiger partial charge in [0.15, 0.2) is 0 Å². The fourth-order valence-corrected chi connectivity index (χ4v) is 2.00. The quantitative estimate of drug-likeness (QED) is 0.716. The second kappa shape index (κ2) is 6.88. The van der Waals surface area contributed by atoms with E-state index in [-0.39, 0.29) is 24.8 Å². The van der Waals surface area contributed by atoms with E-state index < -0.39 is 5.97 Å². The monoisotopic (exact) mass is 275 g/mol. The summed E-state index contributed by atoms with van der Waals surface area (Å²) in [6, 6.07) is 11.1. The summed E-state index contributed by atoms with van der Waals surface area (Å²) in [5.74, 6) is -0.650. The number of carboxylic acids is 1. The third kappa shape index (κ3) is 3.69. The highest BCUT2D eigenvalue weighted by Crippen LogP contribution is 2.11. The van der Waals surface area contributed by atoms with Crippen LogP contribution in [0.5, 0.6) is 0 Å². The average Bonchev–Trinajstić information content (AvgIpc) is 2.93. The number of rotatable bonds is 7. The van der Waals surface area contributed by atoms with Crippen LogP contribution in [0.3, 0.4) is 0 Å². The smallest absolute Gasteiger partial charge is 0.339 e. The van der Waals surface area contributed by atoms with Gasteiger partial charge >= 0.3 is 5.97 Å². The number of hydrogen-bond acceptors (Lipinski definition) is 4. The van der Waals surface area contributed by atoms with Crippen LogP contribution in [0.1, 0.15) is 21.7 Å². The maximum Gasteiger partial charge on any atom is 0.339 e. The summed E-state index contributed by atoms with van der Waals surface area (Å²) in [7, 11) is 0. The van der Waals surface area contributed by atoms with E-state index in [1.165, 1.54) is 12.3 Å². The first-order valence-corrected chi connectivity index (χ1v) is 6.38. The van der Waals surface area contributed by atoms with Crippen molar-refractivity contribution in [3.63, 3.8) is 0 Å². The minimum atomic E-state index is -1.01. The molecular formula is C15H17NO4. The first-order chi connectivity index (χ1) is 9.70. The van der Waals surface area contributed by atoms with Crippen LogP contribution in [-0.2, 0) is 13.0 Å². The van der Waals surface area contributed by atoms with E-state index in [0.29, 0.717) is 12.2 Å². The van der Waals surface area contributed by atoms with Crippen LogP contribution >= 0.6 is 0 Å². The molecule has 1 heterocycles. The number of hydrogen-bond donors (Lipinski definition) is 3. The summed E-state index contributed by atoms with van der Waals surface area (Å²) < 4.78 is 5.15. The van der Waals surface area contributed by atoms with Crippen LogP contribution in [-0.4, -0.2) is 28.8 Å². The fraction of sp³-hybridized carbons (Fsp3) is 0.267. The van der Waals surface area contributed by atoms with E-state index in [1.807, 2.05) is 30.3 Å². The maximum absolute atomic E-state index is 11.0. The fourth-order valence-electron chi connectivity index (χ4n) is 2.00. The van der Waals surface area contributed by atoms with Crippen LogP contribution in [0.15, 0.2) is 47.1 Å². The lowest BCUT2D eigenvalue weighted by atomic mass is 10.1.